The highest BCUT2D eigenvalue weighted by Crippen LogP contribution is 2.20. The average molecular weight is 400 g/mol. The molecule has 9 heteroatoms. The lowest BCUT2D eigenvalue weighted by atomic mass is 10.1. The van der Waals surface area contributed by atoms with Crippen molar-refractivity contribution in [2.45, 2.75) is 6.42 Å². The van der Waals surface area contributed by atoms with Gasteiger partial charge in [-0.2, -0.15) is 0 Å². The average Bonchev–Trinajstić information content (AvgIpc) is 2.72. The molecule has 0 aliphatic carbocycles. The summed E-state index contributed by atoms with van der Waals surface area (Å²) in [6, 6.07) is 12.1. The lowest BCUT2D eigenvalue weighted by molar-refractivity contribution is -0.384. The number of hydrogen-bond acceptors (Lipinski definition) is 5. The second-order valence-corrected chi connectivity index (χ2v) is 6.72. The Morgan fingerprint density at radius 1 is 1.07 bits per heavy atom. The summed E-state index contributed by atoms with van der Waals surface area (Å²) in [5.41, 5.74) is 1.45. The molecule has 0 unspecified atom stereocenters. The van der Waals surface area contributed by atoms with Gasteiger partial charge in [-0.05, 0) is 29.8 Å². The zero-order valence-corrected chi connectivity index (χ0v) is 15.7. The highest BCUT2D eigenvalue weighted by Gasteiger charge is 2.22. The van der Waals surface area contributed by atoms with Crippen molar-refractivity contribution in [3.05, 3.63) is 70.0 Å². The third-order valence-electron chi connectivity index (χ3n) is 4.75. The Kier molecular flexibility index (Phi) is 6.38. The van der Waals surface area contributed by atoms with Crippen LogP contribution in [0.1, 0.15) is 5.56 Å². The summed E-state index contributed by atoms with van der Waals surface area (Å²) in [6.45, 7) is 2.08. The highest BCUT2D eigenvalue weighted by molar-refractivity contribution is 5.85. The van der Waals surface area contributed by atoms with Crippen LogP contribution in [0.2, 0.25) is 0 Å². The number of nitrogens with zero attached hydrogens (tertiary/aromatic N) is 3. The van der Waals surface area contributed by atoms with Gasteiger partial charge in [0.05, 0.1) is 17.9 Å². The van der Waals surface area contributed by atoms with Crippen molar-refractivity contribution < 1.29 is 18.9 Å². The van der Waals surface area contributed by atoms with Gasteiger partial charge in [0.1, 0.15) is 5.82 Å². The van der Waals surface area contributed by atoms with Crippen LogP contribution in [-0.2, 0) is 16.0 Å². The second-order valence-electron chi connectivity index (χ2n) is 6.72. The maximum Gasteiger partial charge on any atom is 0.269 e. The van der Waals surface area contributed by atoms with Crippen molar-refractivity contribution >= 4 is 23.2 Å². The molecular weight excluding hydrogens is 379 g/mol. The number of nitrogens with one attached hydrogen (secondary N) is 1. The van der Waals surface area contributed by atoms with Gasteiger partial charge in [0.25, 0.3) is 5.69 Å². The standard InChI is InChI=1S/C20H21FN4O4/c21-16-3-1-2-15(12-16)13-19(26)22-14-20(27)24-10-8-23(9-11-24)17-4-6-18(7-5-17)25(28)29/h1-7,12H,8-11,13-14H2,(H,22,26). The number of carbonyl (C=O) groups is 2. The topological polar surface area (TPSA) is 95.8 Å². The first-order valence-corrected chi connectivity index (χ1v) is 9.21. The van der Waals surface area contributed by atoms with E-state index in [0.717, 1.165) is 5.69 Å². The van der Waals surface area contributed by atoms with E-state index in [0.29, 0.717) is 31.7 Å². The van der Waals surface area contributed by atoms with E-state index >= 15 is 0 Å². The summed E-state index contributed by atoms with van der Waals surface area (Å²) in [4.78, 5) is 38.3. The number of halogens is 1. The molecule has 2 amide bonds. The zero-order chi connectivity index (χ0) is 20.8. The van der Waals surface area contributed by atoms with Crippen LogP contribution in [-0.4, -0.2) is 54.4 Å². The molecular formula is C20H21FN4O4. The summed E-state index contributed by atoms with van der Waals surface area (Å²) in [7, 11) is 0. The van der Waals surface area contributed by atoms with Crippen molar-refractivity contribution in [2.24, 2.45) is 0 Å². The SMILES string of the molecule is O=C(Cc1cccc(F)c1)NCC(=O)N1CCN(c2ccc([N+](=O)[O-])cc2)CC1. The largest absolute Gasteiger partial charge is 0.368 e. The quantitative estimate of drug-likeness (QED) is 0.589. The molecule has 1 aliphatic heterocycles. The molecule has 1 aliphatic rings. The van der Waals surface area contributed by atoms with Crippen LogP contribution in [0.5, 0.6) is 0 Å². The minimum atomic E-state index is -0.441. The van der Waals surface area contributed by atoms with Gasteiger partial charge in [-0.1, -0.05) is 12.1 Å². The first-order valence-electron chi connectivity index (χ1n) is 9.21. The Bertz CT molecular complexity index is 896. The van der Waals surface area contributed by atoms with Crippen LogP contribution in [0.4, 0.5) is 15.8 Å². The Morgan fingerprint density at radius 2 is 1.76 bits per heavy atom. The fourth-order valence-corrected chi connectivity index (χ4v) is 3.18. The Hall–Kier alpha value is -3.49. The molecule has 2 aromatic carbocycles. The molecule has 3 rings (SSSR count). The van der Waals surface area contributed by atoms with E-state index in [1.807, 2.05) is 0 Å². The number of benzene rings is 2. The molecule has 0 bridgehead atoms. The number of anilines is 1. The normalized spacial score (nSPS) is 13.8. The number of hydrogen-bond donors (Lipinski definition) is 1. The molecule has 1 N–H and O–H groups in total. The molecule has 0 aromatic heterocycles. The molecule has 0 atom stereocenters. The van der Waals surface area contributed by atoms with Crippen molar-refractivity contribution in [1.29, 1.82) is 0 Å². The lowest BCUT2D eigenvalue weighted by Gasteiger charge is -2.36. The summed E-state index contributed by atoms with van der Waals surface area (Å²) in [5, 5.41) is 13.3. The van der Waals surface area contributed by atoms with Gasteiger partial charge in [-0.25, -0.2) is 4.39 Å². The number of non-ortho nitro benzene ring substituents is 1. The summed E-state index contributed by atoms with van der Waals surface area (Å²) >= 11 is 0. The predicted molar refractivity (Wildman–Crippen MR) is 105 cm³/mol. The number of carbonyl (C=O) groups excluding carboxylic acids is 2. The molecule has 1 fully saturated rings. The van der Waals surface area contributed by atoms with E-state index in [-0.39, 0.29) is 30.5 Å². The number of amides is 2. The smallest absolute Gasteiger partial charge is 0.269 e. The van der Waals surface area contributed by atoms with Crippen LogP contribution in [0.15, 0.2) is 48.5 Å². The fourth-order valence-electron chi connectivity index (χ4n) is 3.18. The minimum absolute atomic E-state index is 0.0129. The van der Waals surface area contributed by atoms with E-state index in [1.54, 1.807) is 23.1 Å². The first kappa shape index (κ1) is 20.2. The third kappa shape index (κ3) is 5.50. The Morgan fingerprint density at radius 3 is 2.38 bits per heavy atom. The number of piperazine rings is 1. The molecule has 29 heavy (non-hydrogen) atoms. The number of rotatable bonds is 6. The van der Waals surface area contributed by atoms with Crippen LogP contribution in [0.3, 0.4) is 0 Å². The second kappa shape index (κ2) is 9.13. The monoisotopic (exact) mass is 400 g/mol. The zero-order valence-electron chi connectivity index (χ0n) is 15.7. The van der Waals surface area contributed by atoms with Gasteiger partial charge in [-0.15, -0.1) is 0 Å². The molecule has 0 spiro atoms. The van der Waals surface area contributed by atoms with Gasteiger partial charge < -0.3 is 15.1 Å². The molecule has 2 aromatic rings. The first-order chi connectivity index (χ1) is 13.9. The molecule has 8 nitrogen and oxygen atoms in total. The molecule has 1 saturated heterocycles. The van der Waals surface area contributed by atoms with Crippen LogP contribution in [0.25, 0.3) is 0 Å². The lowest BCUT2D eigenvalue weighted by Crippen LogP contribution is -2.51. The summed E-state index contributed by atoms with van der Waals surface area (Å²) in [5.74, 6) is -0.924. The third-order valence-corrected chi connectivity index (χ3v) is 4.75. The van der Waals surface area contributed by atoms with Gasteiger partial charge in [0.2, 0.25) is 11.8 Å². The summed E-state index contributed by atoms with van der Waals surface area (Å²) in [6.07, 6.45) is 0.0129. The van der Waals surface area contributed by atoms with E-state index in [4.69, 9.17) is 0 Å². The highest BCUT2D eigenvalue weighted by atomic mass is 19.1. The number of nitro benzene ring substituents is 1. The summed E-state index contributed by atoms with van der Waals surface area (Å²) < 4.78 is 13.2. The molecule has 1 heterocycles. The van der Waals surface area contributed by atoms with Crippen molar-refractivity contribution in [1.82, 2.24) is 10.2 Å². The van der Waals surface area contributed by atoms with Crippen LogP contribution in [0, 0.1) is 15.9 Å². The number of nitro groups is 1. The van der Waals surface area contributed by atoms with Crippen LogP contribution < -0.4 is 10.2 Å². The fraction of sp³-hybridized carbons (Fsp3) is 0.300. The van der Waals surface area contributed by atoms with Crippen LogP contribution >= 0.6 is 0 Å². The van der Waals surface area contributed by atoms with Gasteiger partial charge in [-0.3, -0.25) is 19.7 Å². The minimum Gasteiger partial charge on any atom is -0.368 e. The molecule has 0 saturated carbocycles. The van der Waals surface area contributed by atoms with E-state index < -0.39 is 10.7 Å². The van der Waals surface area contributed by atoms with Crippen molar-refractivity contribution in [2.75, 3.05) is 37.6 Å². The maximum absolute atomic E-state index is 13.2. The van der Waals surface area contributed by atoms with Crippen molar-refractivity contribution in [3.63, 3.8) is 0 Å². The van der Waals surface area contributed by atoms with E-state index in [2.05, 4.69) is 10.2 Å². The van der Waals surface area contributed by atoms with E-state index in [9.17, 15) is 24.1 Å². The van der Waals surface area contributed by atoms with Gasteiger partial charge >= 0.3 is 0 Å². The maximum atomic E-state index is 13.2. The molecule has 0 radical (unpaired) electrons. The van der Waals surface area contributed by atoms with Gasteiger partial charge in [0.15, 0.2) is 0 Å². The van der Waals surface area contributed by atoms with Gasteiger partial charge in [0, 0.05) is 44.0 Å². The predicted octanol–water partition coefficient (Wildman–Crippen LogP) is 1.74. The molecule has 152 valence electrons. The Labute approximate surface area is 167 Å². The van der Waals surface area contributed by atoms with Crippen molar-refractivity contribution in [3.8, 4) is 0 Å². The Balaban J connectivity index is 1.43. The van der Waals surface area contributed by atoms with E-state index in [1.165, 1.54) is 30.3 Å².